The standard InChI is InChI=1S/C16H23N/c1-12(13-9-10-13)17-11-15-7-4-6-14-5-2-3-8-16(14)15/h2-3,5,8,12-13,15,17H,4,6-7,9-11H2,1H3. The van der Waals surface area contributed by atoms with Crippen LogP contribution in [0.5, 0.6) is 0 Å². The molecule has 0 heterocycles. The van der Waals surface area contributed by atoms with Crippen molar-refractivity contribution in [3.05, 3.63) is 35.4 Å². The molecule has 1 fully saturated rings. The lowest BCUT2D eigenvalue weighted by atomic mass is 9.83. The highest BCUT2D eigenvalue weighted by Gasteiger charge is 2.28. The SMILES string of the molecule is CC(NCC1CCCc2ccccc21)C1CC1. The Hall–Kier alpha value is -0.820. The van der Waals surface area contributed by atoms with E-state index in [2.05, 4.69) is 36.5 Å². The molecular formula is C16H23N. The minimum Gasteiger partial charge on any atom is -0.313 e. The number of hydrogen-bond acceptors (Lipinski definition) is 1. The van der Waals surface area contributed by atoms with Crippen LogP contribution in [-0.4, -0.2) is 12.6 Å². The van der Waals surface area contributed by atoms with Crippen molar-refractivity contribution in [2.45, 2.75) is 51.0 Å². The fourth-order valence-corrected chi connectivity index (χ4v) is 3.16. The van der Waals surface area contributed by atoms with Crippen molar-refractivity contribution in [3.63, 3.8) is 0 Å². The summed E-state index contributed by atoms with van der Waals surface area (Å²) in [5.41, 5.74) is 3.19. The summed E-state index contributed by atoms with van der Waals surface area (Å²) in [4.78, 5) is 0. The molecule has 2 aliphatic rings. The summed E-state index contributed by atoms with van der Waals surface area (Å²) in [5.74, 6) is 1.72. The number of nitrogens with one attached hydrogen (secondary N) is 1. The summed E-state index contributed by atoms with van der Waals surface area (Å²) in [6, 6.07) is 9.75. The van der Waals surface area contributed by atoms with Gasteiger partial charge in [-0.15, -0.1) is 0 Å². The van der Waals surface area contributed by atoms with E-state index in [1.807, 2.05) is 0 Å². The Labute approximate surface area is 105 Å². The van der Waals surface area contributed by atoms with Crippen molar-refractivity contribution < 1.29 is 0 Å². The van der Waals surface area contributed by atoms with Gasteiger partial charge in [-0.2, -0.15) is 0 Å². The zero-order chi connectivity index (χ0) is 11.7. The second-order valence-electron chi connectivity index (χ2n) is 5.82. The van der Waals surface area contributed by atoms with Crippen LogP contribution in [0.3, 0.4) is 0 Å². The molecule has 1 nitrogen and oxygen atoms in total. The van der Waals surface area contributed by atoms with Crippen LogP contribution in [-0.2, 0) is 6.42 Å². The van der Waals surface area contributed by atoms with Crippen LogP contribution in [0.15, 0.2) is 24.3 Å². The molecule has 0 radical (unpaired) electrons. The van der Waals surface area contributed by atoms with Crippen LogP contribution in [0.4, 0.5) is 0 Å². The number of benzene rings is 1. The van der Waals surface area contributed by atoms with Gasteiger partial charge in [0.2, 0.25) is 0 Å². The Morgan fingerprint density at radius 1 is 1.24 bits per heavy atom. The van der Waals surface area contributed by atoms with Gasteiger partial charge in [-0.1, -0.05) is 24.3 Å². The van der Waals surface area contributed by atoms with E-state index < -0.39 is 0 Å². The maximum absolute atomic E-state index is 3.76. The van der Waals surface area contributed by atoms with E-state index >= 15 is 0 Å². The molecular weight excluding hydrogens is 206 g/mol. The molecule has 1 aromatic rings. The Kier molecular flexibility index (Phi) is 3.19. The second kappa shape index (κ2) is 4.81. The summed E-state index contributed by atoms with van der Waals surface area (Å²) in [5, 5.41) is 3.76. The third kappa shape index (κ3) is 2.55. The van der Waals surface area contributed by atoms with Gasteiger partial charge in [0.05, 0.1) is 0 Å². The van der Waals surface area contributed by atoms with Crippen LogP contribution in [0.2, 0.25) is 0 Å². The highest BCUT2D eigenvalue weighted by Crippen LogP contribution is 2.34. The minimum atomic E-state index is 0.726. The first-order valence-corrected chi connectivity index (χ1v) is 7.16. The Morgan fingerprint density at radius 3 is 2.88 bits per heavy atom. The summed E-state index contributed by atoms with van der Waals surface area (Å²) >= 11 is 0. The number of aryl methyl sites for hydroxylation is 1. The molecule has 2 aliphatic carbocycles. The fourth-order valence-electron chi connectivity index (χ4n) is 3.16. The van der Waals surface area contributed by atoms with Crippen LogP contribution in [0.25, 0.3) is 0 Å². The molecule has 0 aliphatic heterocycles. The first-order chi connectivity index (χ1) is 8.34. The molecule has 1 heteroatoms. The van der Waals surface area contributed by atoms with Crippen LogP contribution < -0.4 is 5.32 Å². The van der Waals surface area contributed by atoms with E-state index in [4.69, 9.17) is 0 Å². The largest absolute Gasteiger partial charge is 0.313 e. The third-order valence-corrected chi connectivity index (χ3v) is 4.51. The molecule has 1 saturated carbocycles. The molecule has 0 aromatic heterocycles. The predicted octanol–water partition coefficient (Wildman–Crippen LogP) is 3.49. The van der Waals surface area contributed by atoms with Crippen molar-refractivity contribution in [2.75, 3.05) is 6.54 Å². The third-order valence-electron chi connectivity index (χ3n) is 4.51. The first-order valence-electron chi connectivity index (χ1n) is 7.16. The molecule has 0 bridgehead atoms. The first kappa shape index (κ1) is 11.3. The van der Waals surface area contributed by atoms with Crippen molar-refractivity contribution >= 4 is 0 Å². The lowest BCUT2D eigenvalue weighted by Crippen LogP contribution is -2.33. The van der Waals surface area contributed by atoms with Gasteiger partial charge in [-0.05, 0) is 62.0 Å². The quantitative estimate of drug-likeness (QED) is 0.833. The van der Waals surface area contributed by atoms with Gasteiger partial charge >= 0.3 is 0 Å². The predicted molar refractivity (Wildman–Crippen MR) is 72.3 cm³/mol. The van der Waals surface area contributed by atoms with Gasteiger partial charge in [0.15, 0.2) is 0 Å². The van der Waals surface area contributed by atoms with Crippen molar-refractivity contribution in [1.82, 2.24) is 5.32 Å². The molecule has 17 heavy (non-hydrogen) atoms. The van der Waals surface area contributed by atoms with Gasteiger partial charge < -0.3 is 5.32 Å². The zero-order valence-corrected chi connectivity index (χ0v) is 10.8. The lowest BCUT2D eigenvalue weighted by Gasteiger charge is -2.27. The van der Waals surface area contributed by atoms with Gasteiger partial charge in [0.1, 0.15) is 0 Å². The minimum absolute atomic E-state index is 0.726. The second-order valence-corrected chi connectivity index (χ2v) is 5.82. The summed E-state index contributed by atoms with van der Waals surface area (Å²) in [6.07, 6.45) is 6.89. The van der Waals surface area contributed by atoms with Crippen molar-refractivity contribution in [1.29, 1.82) is 0 Å². The van der Waals surface area contributed by atoms with Gasteiger partial charge in [0, 0.05) is 12.6 Å². The van der Waals surface area contributed by atoms with Crippen LogP contribution in [0, 0.1) is 5.92 Å². The topological polar surface area (TPSA) is 12.0 Å². The van der Waals surface area contributed by atoms with E-state index in [1.54, 1.807) is 11.1 Å². The van der Waals surface area contributed by atoms with E-state index in [0.717, 1.165) is 17.9 Å². The molecule has 0 saturated heterocycles. The molecule has 0 spiro atoms. The number of rotatable bonds is 4. The summed E-state index contributed by atoms with van der Waals surface area (Å²) < 4.78 is 0. The van der Waals surface area contributed by atoms with Gasteiger partial charge in [-0.3, -0.25) is 0 Å². The molecule has 92 valence electrons. The maximum Gasteiger partial charge on any atom is 0.00672 e. The Bertz CT molecular complexity index is 381. The van der Waals surface area contributed by atoms with Crippen LogP contribution >= 0.6 is 0 Å². The smallest absolute Gasteiger partial charge is 0.00672 e. The summed E-state index contributed by atoms with van der Waals surface area (Å²) in [6.45, 7) is 3.53. The normalized spacial score (nSPS) is 25.4. The maximum atomic E-state index is 3.76. The van der Waals surface area contributed by atoms with Gasteiger partial charge in [0.25, 0.3) is 0 Å². The molecule has 1 aromatic carbocycles. The fraction of sp³-hybridized carbons (Fsp3) is 0.625. The Balaban J connectivity index is 1.63. The molecule has 3 rings (SSSR count). The van der Waals surface area contributed by atoms with Gasteiger partial charge in [-0.25, -0.2) is 0 Å². The molecule has 2 atom stereocenters. The number of hydrogen-bond donors (Lipinski definition) is 1. The highest BCUT2D eigenvalue weighted by atomic mass is 14.9. The molecule has 2 unspecified atom stereocenters. The lowest BCUT2D eigenvalue weighted by molar-refractivity contribution is 0.440. The van der Waals surface area contributed by atoms with Crippen molar-refractivity contribution in [2.24, 2.45) is 5.92 Å². The van der Waals surface area contributed by atoms with E-state index in [-0.39, 0.29) is 0 Å². The number of fused-ring (bicyclic) bond motifs is 1. The molecule has 0 amide bonds. The zero-order valence-electron chi connectivity index (χ0n) is 10.8. The van der Waals surface area contributed by atoms with E-state index in [1.165, 1.54) is 38.6 Å². The van der Waals surface area contributed by atoms with E-state index in [9.17, 15) is 0 Å². The highest BCUT2D eigenvalue weighted by molar-refractivity contribution is 5.32. The average Bonchev–Trinajstić information content (AvgIpc) is 3.20. The summed E-state index contributed by atoms with van der Waals surface area (Å²) in [7, 11) is 0. The Morgan fingerprint density at radius 2 is 2.06 bits per heavy atom. The monoisotopic (exact) mass is 229 g/mol. The van der Waals surface area contributed by atoms with Crippen LogP contribution in [0.1, 0.15) is 49.7 Å². The van der Waals surface area contributed by atoms with Crippen molar-refractivity contribution in [3.8, 4) is 0 Å². The average molecular weight is 229 g/mol. The molecule has 1 N–H and O–H groups in total. The van der Waals surface area contributed by atoms with E-state index in [0.29, 0.717) is 0 Å².